The molecule has 108 valence electrons. The van der Waals surface area contributed by atoms with E-state index in [4.69, 9.17) is 0 Å². The molecule has 3 amide bonds. The predicted molar refractivity (Wildman–Crippen MR) is 81.1 cm³/mol. The average Bonchev–Trinajstić information content (AvgIpc) is 2.52. The molecule has 20 heavy (non-hydrogen) atoms. The maximum absolute atomic E-state index is 12.5. The van der Waals surface area contributed by atoms with Crippen molar-refractivity contribution in [1.29, 1.82) is 0 Å². The number of carbonyl (C=O) groups is 2. The van der Waals surface area contributed by atoms with Crippen molar-refractivity contribution in [3.63, 3.8) is 0 Å². The van der Waals surface area contributed by atoms with Crippen LogP contribution >= 0.6 is 15.9 Å². The van der Waals surface area contributed by atoms with Crippen LogP contribution in [0.15, 0.2) is 28.7 Å². The highest BCUT2D eigenvalue weighted by Gasteiger charge is 2.47. The van der Waals surface area contributed by atoms with Crippen molar-refractivity contribution in [2.75, 3.05) is 0 Å². The van der Waals surface area contributed by atoms with E-state index in [1.165, 1.54) is 4.90 Å². The first-order valence-corrected chi connectivity index (χ1v) is 7.50. The molecule has 1 atom stereocenters. The zero-order valence-corrected chi connectivity index (χ0v) is 13.5. The van der Waals surface area contributed by atoms with Crippen LogP contribution in [0.5, 0.6) is 0 Å². The summed E-state index contributed by atoms with van der Waals surface area (Å²) in [6.45, 7) is 6.19. The van der Waals surface area contributed by atoms with Crippen LogP contribution in [0.2, 0.25) is 0 Å². The highest BCUT2D eigenvalue weighted by atomic mass is 79.9. The van der Waals surface area contributed by atoms with E-state index in [0.29, 0.717) is 18.9 Å². The van der Waals surface area contributed by atoms with Crippen molar-refractivity contribution in [2.24, 2.45) is 5.92 Å². The summed E-state index contributed by atoms with van der Waals surface area (Å²) in [7, 11) is 0. The summed E-state index contributed by atoms with van der Waals surface area (Å²) in [5, 5.41) is 2.82. The van der Waals surface area contributed by atoms with Crippen LogP contribution in [0.4, 0.5) is 4.79 Å². The lowest BCUT2D eigenvalue weighted by molar-refractivity contribution is -0.131. The van der Waals surface area contributed by atoms with E-state index in [9.17, 15) is 9.59 Å². The number of urea groups is 1. The summed E-state index contributed by atoms with van der Waals surface area (Å²) in [5.41, 5.74) is 0.147. The molecule has 1 N–H and O–H groups in total. The van der Waals surface area contributed by atoms with Gasteiger partial charge in [0.1, 0.15) is 5.54 Å². The molecule has 0 aromatic heterocycles. The van der Waals surface area contributed by atoms with Crippen LogP contribution < -0.4 is 5.32 Å². The maximum atomic E-state index is 12.5. The molecule has 1 aromatic carbocycles. The molecule has 0 aliphatic carbocycles. The Morgan fingerprint density at radius 2 is 2.05 bits per heavy atom. The van der Waals surface area contributed by atoms with Gasteiger partial charge in [0.05, 0.1) is 6.54 Å². The van der Waals surface area contributed by atoms with Gasteiger partial charge in [0.15, 0.2) is 0 Å². The second-order valence-corrected chi connectivity index (χ2v) is 6.80. The molecule has 1 heterocycles. The Morgan fingerprint density at radius 1 is 1.35 bits per heavy atom. The van der Waals surface area contributed by atoms with E-state index in [1.807, 2.05) is 38.1 Å². The molecule has 1 fully saturated rings. The minimum atomic E-state index is -0.780. The molecule has 0 bridgehead atoms. The molecule has 1 aliphatic heterocycles. The molecule has 1 aromatic rings. The lowest BCUT2D eigenvalue weighted by atomic mass is 9.91. The number of rotatable bonds is 4. The van der Waals surface area contributed by atoms with Gasteiger partial charge in [-0.1, -0.05) is 41.9 Å². The summed E-state index contributed by atoms with van der Waals surface area (Å²) in [4.78, 5) is 25.8. The minimum Gasteiger partial charge on any atom is -0.323 e. The first-order valence-electron chi connectivity index (χ1n) is 6.70. The zero-order valence-electron chi connectivity index (χ0n) is 11.9. The number of nitrogens with zero attached hydrogens (tertiary/aromatic N) is 1. The second kappa shape index (κ2) is 5.56. The van der Waals surface area contributed by atoms with E-state index >= 15 is 0 Å². The van der Waals surface area contributed by atoms with Crippen LogP contribution in [-0.2, 0) is 11.3 Å². The number of halogens is 1. The summed E-state index contributed by atoms with van der Waals surface area (Å²) in [5.74, 6) is 0.200. The number of hydrogen-bond acceptors (Lipinski definition) is 2. The van der Waals surface area contributed by atoms with E-state index < -0.39 is 5.54 Å². The van der Waals surface area contributed by atoms with E-state index in [0.717, 1.165) is 10.0 Å². The van der Waals surface area contributed by atoms with Crippen molar-refractivity contribution < 1.29 is 9.59 Å². The van der Waals surface area contributed by atoms with Crippen molar-refractivity contribution in [2.45, 2.75) is 39.3 Å². The fourth-order valence-electron chi connectivity index (χ4n) is 2.66. The van der Waals surface area contributed by atoms with Crippen molar-refractivity contribution in [1.82, 2.24) is 10.2 Å². The molecule has 1 aliphatic rings. The molecule has 4 nitrogen and oxygen atoms in total. The van der Waals surface area contributed by atoms with E-state index in [1.54, 1.807) is 6.92 Å². The largest absolute Gasteiger partial charge is 0.325 e. The third-order valence-corrected chi connectivity index (χ3v) is 3.88. The number of carbonyl (C=O) groups excluding carboxylic acids is 2. The number of nitrogens with one attached hydrogen (secondary N) is 1. The summed E-state index contributed by atoms with van der Waals surface area (Å²) >= 11 is 3.39. The molecule has 0 saturated carbocycles. The highest BCUT2D eigenvalue weighted by molar-refractivity contribution is 9.10. The third-order valence-electron chi connectivity index (χ3n) is 3.39. The van der Waals surface area contributed by atoms with Crippen molar-refractivity contribution >= 4 is 27.9 Å². The molecule has 1 saturated heterocycles. The maximum Gasteiger partial charge on any atom is 0.325 e. The molecular weight excluding hydrogens is 320 g/mol. The molecule has 5 heteroatoms. The van der Waals surface area contributed by atoms with Gasteiger partial charge in [-0.25, -0.2) is 4.79 Å². The van der Waals surface area contributed by atoms with E-state index in [-0.39, 0.29) is 11.9 Å². The van der Waals surface area contributed by atoms with Gasteiger partial charge in [-0.2, -0.15) is 0 Å². The Kier molecular flexibility index (Phi) is 4.18. The summed E-state index contributed by atoms with van der Waals surface area (Å²) < 4.78 is 0.937. The minimum absolute atomic E-state index is 0.142. The van der Waals surface area contributed by atoms with Crippen LogP contribution in [0.3, 0.4) is 0 Å². The topological polar surface area (TPSA) is 49.4 Å². The molecule has 2 rings (SSSR count). The van der Waals surface area contributed by atoms with E-state index in [2.05, 4.69) is 21.2 Å². The summed E-state index contributed by atoms with van der Waals surface area (Å²) in [6.07, 6.45) is 0.645. The van der Waals surface area contributed by atoms with Gasteiger partial charge in [-0.05, 0) is 37.0 Å². The van der Waals surface area contributed by atoms with Crippen molar-refractivity contribution in [3.05, 3.63) is 34.3 Å². The molecular formula is C15H19BrN2O2. The van der Waals surface area contributed by atoms with Gasteiger partial charge in [0, 0.05) is 4.47 Å². The monoisotopic (exact) mass is 338 g/mol. The normalized spacial score (nSPS) is 22.6. The van der Waals surface area contributed by atoms with Crippen LogP contribution in [-0.4, -0.2) is 22.4 Å². The van der Waals surface area contributed by atoms with Crippen LogP contribution in [0, 0.1) is 5.92 Å². The zero-order chi connectivity index (χ0) is 14.9. The SMILES string of the molecule is CC(C)CC1(C)NC(=O)N(Cc2cccc(Br)c2)C1=O. The highest BCUT2D eigenvalue weighted by Crippen LogP contribution is 2.26. The number of imide groups is 1. The smallest absolute Gasteiger partial charge is 0.323 e. The Labute approximate surface area is 127 Å². The number of benzene rings is 1. The Hall–Kier alpha value is -1.36. The fraction of sp³-hybridized carbons (Fsp3) is 0.467. The summed E-state index contributed by atoms with van der Waals surface area (Å²) in [6, 6.07) is 7.32. The average molecular weight is 339 g/mol. The second-order valence-electron chi connectivity index (χ2n) is 5.88. The standard InChI is InChI=1S/C15H19BrN2O2/c1-10(2)8-15(3)13(19)18(14(20)17-15)9-11-5-4-6-12(16)7-11/h4-7,10H,8-9H2,1-3H3,(H,17,20). The van der Waals surface area contributed by atoms with Gasteiger partial charge >= 0.3 is 6.03 Å². The number of hydrogen-bond donors (Lipinski definition) is 1. The first-order chi connectivity index (χ1) is 9.32. The van der Waals surface area contributed by atoms with Crippen molar-refractivity contribution in [3.8, 4) is 0 Å². The Balaban J connectivity index is 2.17. The van der Waals surface area contributed by atoms with Crippen LogP contribution in [0.1, 0.15) is 32.8 Å². The molecule has 1 unspecified atom stereocenters. The quantitative estimate of drug-likeness (QED) is 0.856. The lowest BCUT2D eigenvalue weighted by Gasteiger charge is -2.23. The molecule has 0 radical (unpaired) electrons. The Bertz CT molecular complexity index is 544. The first kappa shape index (κ1) is 15.0. The van der Waals surface area contributed by atoms with Crippen LogP contribution in [0.25, 0.3) is 0 Å². The number of amides is 3. The van der Waals surface area contributed by atoms with Gasteiger partial charge in [0.25, 0.3) is 5.91 Å². The lowest BCUT2D eigenvalue weighted by Crippen LogP contribution is -2.44. The molecule has 0 spiro atoms. The van der Waals surface area contributed by atoms with Gasteiger partial charge in [-0.15, -0.1) is 0 Å². The third kappa shape index (κ3) is 3.03. The van der Waals surface area contributed by atoms with Gasteiger partial charge in [0.2, 0.25) is 0 Å². The fourth-order valence-corrected chi connectivity index (χ4v) is 3.11. The van der Waals surface area contributed by atoms with Gasteiger partial charge in [-0.3, -0.25) is 9.69 Å². The predicted octanol–water partition coefficient (Wildman–Crippen LogP) is 3.31. The van der Waals surface area contributed by atoms with Gasteiger partial charge < -0.3 is 5.32 Å². The Morgan fingerprint density at radius 3 is 2.65 bits per heavy atom.